The van der Waals surface area contributed by atoms with E-state index in [-0.39, 0.29) is 67.0 Å². The molecule has 0 unspecified atom stereocenters. The van der Waals surface area contributed by atoms with Crippen LogP contribution in [0, 0.1) is 0 Å². The quantitative estimate of drug-likeness (QED) is 0.357. The minimum atomic E-state index is -0.935. The molecule has 0 amide bonds. The molecule has 0 spiro atoms. The van der Waals surface area contributed by atoms with Crippen LogP contribution in [0.3, 0.4) is 0 Å². The Bertz CT molecular complexity index is 381. The fourth-order valence-corrected chi connectivity index (χ4v) is 0.987. The Kier molecular flexibility index (Phi) is 22.5. The number of ketones is 6. The van der Waals surface area contributed by atoms with Gasteiger partial charge in [-0.15, -0.1) is 11.6 Å². The number of rotatable bonds is 6. The third-order valence-electron chi connectivity index (χ3n) is 1.71. The summed E-state index contributed by atoms with van der Waals surface area (Å²) in [5, 5.41) is -0.935. The maximum atomic E-state index is 10.2. The third kappa shape index (κ3) is 33.6. The molecule has 0 saturated carbocycles. The summed E-state index contributed by atoms with van der Waals surface area (Å²) < 4.78 is 0. The predicted molar refractivity (Wildman–Crippen MR) is 83.0 cm³/mol. The first-order valence-electron chi connectivity index (χ1n) is 6.43. The van der Waals surface area contributed by atoms with E-state index in [1.807, 2.05) is 0 Å². The summed E-state index contributed by atoms with van der Waals surface area (Å²) in [7, 11) is 0. The van der Waals surface area contributed by atoms with Gasteiger partial charge in [0, 0.05) is 19.5 Å². The minimum absolute atomic E-state index is 0. The molecule has 0 rings (SSSR count). The molecule has 8 heteroatoms. The maximum absolute atomic E-state index is 10.2. The summed E-state index contributed by atoms with van der Waals surface area (Å²) in [4.78, 5) is 60.6. The molecule has 0 aromatic carbocycles. The molecule has 0 aliphatic heterocycles. The van der Waals surface area contributed by atoms with Crippen LogP contribution >= 0.6 is 11.6 Å². The van der Waals surface area contributed by atoms with Gasteiger partial charge in [0.05, 0.1) is 12.8 Å². The molecule has 0 heterocycles. The Morgan fingerprint density at radius 3 is 0.783 bits per heavy atom. The van der Waals surface area contributed by atoms with Crippen molar-refractivity contribution in [1.29, 1.82) is 0 Å². The second kappa shape index (κ2) is 17.3. The number of Topliss-reactive ketones (excluding diaryl/α,β-unsaturated/α-hetero) is 6. The Morgan fingerprint density at radius 2 is 0.783 bits per heavy atom. The first-order chi connectivity index (χ1) is 9.81. The van der Waals surface area contributed by atoms with Crippen molar-refractivity contribution in [3.8, 4) is 0 Å². The smallest absolute Gasteiger partial charge is 0.155 e. The topological polar surface area (TPSA) is 102 Å². The van der Waals surface area contributed by atoms with Crippen molar-refractivity contribution in [3.05, 3.63) is 0 Å². The van der Waals surface area contributed by atoms with E-state index in [0.29, 0.717) is 0 Å². The van der Waals surface area contributed by atoms with E-state index in [1.54, 1.807) is 0 Å². The van der Waals surface area contributed by atoms with E-state index in [1.165, 1.54) is 41.5 Å². The van der Waals surface area contributed by atoms with E-state index in [4.69, 9.17) is 11.6 Å². The number of carbonyl (C=O) groups is 6. The van der Waals surface area contributed by atoms with Gasteiger partial charge in [-0.1, -0.05) is 0 Å². The SMILES string of the molecule is CC(=O)C(Cl)C(C)=O.CC(=O)CC(C)=O.CC(=O)CC(C)=O.[Rh]. The van der Waals surface area contributed by atoms with Gasteiger partial charge in [-0.2, -0.15) is 0 Å². The van der Waals surface area contributed by atoms with Crippen molar-refractivity contribution >= 4 is 46.3 Å². The molecule has 0 aromatic heterocycles. The van der Waals surface area contributed by atoms with Crippen molar-refractivity contribution in [2.24, 2.45) is 0 Å². The number of hydrogen-bond donors (Lipinski definition) is 0. The zero-order valence-electron chi connectivity index (χ0n) is 14.2. The molecular formula is C15H23ClO6Rh. The maximum Gasteiger partial charge on any atom is 0.155 e. The van der Waals surface area contributed by atoms with Gasteiger partial charge >= 0.3 is 0 Å². The molecular weight excluding hydrogens is 415 g/mol. The first kappa shape index (κ1) is 29.9. The van der Waals surface area contributed by atoms with Gasteiger partial charge < -0.3 is 0 Å². The molecule has 0 atom stereocenters. The summed E-state index contributed by atoms with van der Waals surface area (Å²) in [5.74, 6) is -0.835. The number of carbonyl (C=O) groups excluding carboxylic acids is 6. The monoisotopic (exact) mass is 437 g/mol. The molecule has 23 heavy (non-hydrogen) atoms. The molecule has 135 valence electrons. The summed E-state index contributed by atoms with van der Waals surface area (Å²) >= 11 is 5.25. The van der Waals surface area contributed by atoms with Gasteiger partial charge in [0.25, 0.3) is 0 Å². The zero-order valence-corrected chi connectivity index (χ0v) is 16.5. The second-order valence-corrected chi connectivity index (χ2v) is 5.18. The van der Waals surface area contributed by atoms with Crippen LogP contribution in [0.25, 0.3) is 0 Å². The summed E-state index contributed by atoms with van der Waals surface area (Å²) in [6.07, 6.45) is 0.167. The van der Waals surface area contributed by atoms with Gasteiger partial charge in [0.1, 0.15) is 28.5 Å². The fourth-order valence-electron chi connectivity index (χ4n) is 0.987. The van der Waals surface area contributed by atoms with Crippen molar-refractivity contribution < 1.29 is 48.2 Å². The minimum Gasteiger partial charge on any atom is -0.300 e. The zero-order chi connectivity index (χ0) is 18.5. The van der Waals surface area contributed by atoms with Crippen molar-refractivity contribution in [2.45, 2.75) is 59.8 Å². The van der Waals surface area contributed by atoms with Gasteiger partial charge in [0.15, 0.2) is 11.6 Å². The van der Waals surface area contributed by atoms with E-state index >= 15 is 0 Å². The first-order valence-corrected chi connectivity index (χ1v) is 6.87. The van der Waals surface area contributed by atoms with Crippen LogP contribution in [0.4, 0.5) is 0 Å². The van der Waals surface area contributed by atoms with Crippen LogP contribution < -0.4 is 0 Å². The van der Waals surface area contributed by atoms with E-state index in [2.05, 4.69) is 0 Å². The van der Waals surface area contributed by atoms with Crippen LogP contribution in [0.2, 0.25) is 0 Å². The molecule has 1 radical (unpaired) electrons. The molecule has 0 saturated heterocycles. The summed E-state index contributed by atoms with van der Waals surface area (Å²) in [6, 6.07) is 0. The van der Waals surface area contributed by atoms with Crippen LogP contribution in [-0.4, -0.2) is 40.1 Å². The van der Waals surface area contributed by atoms with E-state index < -0.39 is 5.38 Å². The van der Waals surface area contributed by atoms with Gasteiger partial charge in [0.2, 0.25) is 0 Å². The molecule has 6 nitrogen and oxygen atoms in total. The van der Waals surface area contributed by atoms with Crippen molar-refractivity contribution in [2.75, 3.05) is 0 Å². The van der Waals surface area contributed by atoms with Crippen LogP contribution in [-0.2, 0) is 48.2 Å². The number of hydrogen-bond acceptors (Lipinski definition) is 6. The molecule has 0 bridgehead atoms. The summed E-state index contributed by atoms with van der Waals surface area (Å²) in [6.45, 7) is 8.20. The Hall–Kier alpha value is -1.07. The van der Waals surface area contributed by atoms with Crippen molar-refractivity contribution in [1.82, 2.24) is 0 Å². The van der Waals surface area contributed by atoms with Gasteiger partial charge in [-0.05, 0) is 41.5 Å². The average molecular weight is 438 g/mol. The molecule has 0 aliphatic carbocycles. The molecule has 0 fully saturated rings. The molecule has 0 aromatic rings. The van der Waals surface area contributed by atoms with Gasteiger partial charge in [-0.3, -0.25) is 28.8 Å². The number of halogens is 1. The normalized spacial score (nSPS) is 8.35. The Labute approximate surface area is 154 Å². The van der Waals surface area contributed by atoms with Crippen LogP contribution in [0.5, 0.6) is 0 Å². The molecule has 0 aliphatic rings. The average Bonchev–Trinajstić information content (AvgIpc) is 2.25. The van der Waals surface area contributed by atoms with Gasteiger partial charge in [-0.25, -0.2) is 0 Å². The third-order valence-corrected chi connectivity index (χ3v) is 2.32. The van der Waals surface area contributed by atoms with Crippen molar-refractivity contribution in [3.63, 3.8) is 0 Å². The van der Waals surface area contributed by atoms with E-state index in [9.17, 15) is 28.8 Å². The fraction of sp³-hybridized carbons (Fsp3) is 0.600. The Morgan fingerprint density at radius 1 is 0.609 bits per heavy atom. The number of alkyl halides is 1. The van der Waals surface area contributed by atoms with Crippen LogP contribution in [0.15, 0.2) is 0 Å². The Balaban J connectivity index is -0.000000116. The summed E-state index contributed by atoms with van der Waals surface area (Å²) in [5.41, 5.74) is 0. The predicted octanol–water partition coefficient (Wildman–Crippen LogP) is 1.88. The standard InChI is InChI=1S/C5H7ClO2.2C5H8O2.Rh/c1-3(7)5(6)4(2)8;2*1-4(6)3-5(2)7;/h5H,1-2H3;2*3H2,1-2H3;. The molecule has 0 N–H and O–H groups in total. The van der Waals surface area contributed by atoms with Crippen LogP contribution in [0.1, 0.15) is 54.4 Å². The largest absolute Gasteiger partial charge is 0.300 e. The second-order valence-electron chi connectivity index (χ2n) is 4.75. The van der Waals surface area contributed by atoms with E-state index in [0.717, 1.165) is 0 Å².